The molecule has 0 heterocycles. The van der Waals surface area contributed by atoms with E-state index in [1.807, 2.05) is 6.92 Å². The Hall–Kier alpha value is -1.67. The largest absolute Gasteiger partial charge is 0.481 e. The number of nitrogens with one attached hydrogen (secondary N) is 1. The summed E-state index contributed by atoms with van der Waals surface area (Å²) in [4.78, 5) is 30.2. The third kappa shape index (κ3) is 18.3. The van der Waals surface area contributed by atoms with E-state index in [0.29, 0.717) is 19.4 Å². The Morgan fingerprint density at radius 3 is 1.76 bits per heavy atom. The molecule has 0 spiro atoms. The fourth-order valence-electron chi connectivity index (χ4n) is 1.31. The smallest absolute Gasteiger partial charge is 0.320 e. The molecule has 0 bridgehead atoms. The average Bonchev–Trinajstić information content (AvgIpc) is 2.39. The first kappa shape index (κ1) is 21.6. The second-order valence-electron chi connectivity index (χ2n) is 4.35. The highest BCUT2D eigenvalue weighted by Gasteiger charge is 2.14. The van der Waals surface area contributed by atoms with E-state index in [9.17, 15) is 14.4 Å². The minimum Gasteiger partial charge on any atom is -0.481 e. The Morgan fingerprint density at radius 2 is 1.48 bits per heavy atom. The SMILES string of the molecule is CCCN[C@@H](CCO)C(=O)O.O=C(O)CCCCC(=O)O. The van der Waals surface area contributed by atoms with Crippen molar-refractivity contribution >= 4 is 17.9 Å². The lowest BCUT2D eigenvalue weighted by Crippen LogP contribution is -2.37. The predicted molar refractivity (Wildman–Crippen MR) is 75.2 cm³/mol. The first-order valence-electron chi connectivity index (χ1n) is 6.85. The molecule has 21 heavy (non-hydrogen) atoms. The van der Waals surface area contributed by atoms with E-state index in [1.54, 1.807) is 0 Å². The molecule has 0 aliphatic rings. The fourth-order valence-corrected chi connectivity index (χ4v) is 1.31. The Balaban J connectivity index is 0. The summed E-state index contributed by atoms with van der Waals surface area (Å²) in [5, 5.41) is 36.1. The maximum absolute atomic E-state index is 10.4. The molecule has 1 atom stereocenters. The number of carbonyl (C=O) groups is 3. The normalized spacial score (nSPS) is 11.1. The van der Waals surface area contributed by atoms with Gasteiger partial charge in [-0.3, -0.25) is 14.4 Å². The Morgan fingerprint density at radius 1 is 1.00 bits per heavy atom. The molecule has 0 aliphatic heterocycles. The average molecular weight is 307 g/mol. The summed E-state index contributed by atoms with van der Waals surface area (Å²) >= 11 is 0. The highest BCUT2D eigenvalue weighted by Crippen LogP contribution is 1.98. The van der Waals surface area contributed by atoms with Crippen LogP contribution in [-0.2, 0) is 14.4 Å². The number of hydrogen-bond acceptors (Lipinski definition) is 5. The number of rotatable bonds is 11. The van der Waals surface area contributed by atoms with E-state index in [-0.39, 0.29) is 25.9 Å². The number of carboxylic acids is 3. The van der Waals surface area contributed by atoms with E-state index in [2.05, 4.69) is 5.32 Å². The summed E-state index contributed by atoms with van der Waals surface area (Å²) in [5.74, 6) is -2.64. The molecule has 0 radical (unpaired) electrons. The fraction of sp³-hybridized carbons (Fsp3) is 0.769. The molecule has 8 heteroatoms. The van der Waals surface area contributed by atoms with Crippen LogP contribution in [0.1, 0.15) is 45.4 Å². The summed E-state index contributed by atoms with van der Waals surface area (Å²) in [5.41, 5.74) is 0. The summed E-state index contributed by atoms with van der Waals surface area (Å²) in [6, 6.07) is -0.597. The van der Waals surface area contributed by atoms with Crippen LogP contribution in [0.25, 0.3) is 0 Å². The lowest BCUT2D eigenvalue weighted by Gasteiger charge is -2.11. The Bertz CT molecular complexity index is 291. The molecular formula is C13H25NO7. The van der Waals surface area contributed by atoms with Gasteiger partial charge in [-0.15, -0.1) is 0 Å². The monoisotopic (exact) mass is 307 g/mol. The lowest BCUT2D eigenvalue weighted by molar-refractivity contribution is -0.140. The molecule has 0 saturated carbocycles. The number of carboxylic acid groups (broad SMARTS) is 3. The molecular weight excluding hydrogens is 282 g/mol. The molecule has 0 fully saturated rings. The third-order valence-corrected chi connectivity index (χ3v) is 2.39. The zero-order valence-corrected chi connectivity index (χ0v) is 12.2. The van der Waals surface area contributed by atoms with E-state index >= 15 is 0 Å². The van der Waals surface area contributed by atoms with Gasteiger partial charge >= 0.3 is 17.9 Å². The van der Waals surface area contributed by atoms with Gasteiger partial charge in [-0.2, -0.15) is 0 Å². The minimum absolute atomic E-state index is 0.0628. The van der Waals surface area contributed by atoms with Crippen LogP contribution >= 0.6 is 0 Å². The van der Waals surface area contributed by atoms with Crippen molar-refractivity contribution in [1.82, 2.24) is 5.32 Å². The molecule has 124 valence electrons. The Labute approximate surface area is 123 Å². The van der Waals surface area contributed by atoms with E-state index < -0.39 is 23.9 Å². The van der Waals surface area contributed by atoms with Gasteiger partial charge in [0, 0.05) is 19.4 Å². The van der Waals surface area contributed by atoms with Crippen molar-refractivity contribution in [3.8, 4) is 0 Å². The molecule has 8 nitrogen and oxygen atoms in total. The maximum Gasteiger partial charge on any atom is 0.320 e. The molecule has 5 N–H and O–H groups in total. The molecule has 0 rings (SSSR count). The molecule has 0 saturated heterocycles. The zero-order chi connectivity index (χ0) is 16.7. The first-order valence-corrected chi connectivity index (χ1v) is 6.85. The maximum atomic E-state index is 10.4. The number of aliphatic hydroxyl groups excluding tert-OH is 1. The summed E-state index contributed by atoms with van der Waals surface area (Å²) in [7, 11) is 0. The van der Waals surface area contributed by atoms with Gasteiger partial charge in [0.2, 0.25) is 0 Å². The highest BCUT2D eigenvalue weighted by molar-refractivity contribution is 5.73. The van der Waals surface area contributed by atoms with Gasteiger partial charge in [0.1, 0.15) is 6.04 Å². The lowest BCUT2D eigenvalue weighted by atomic mass is 10.2. The van der Waals surface area contributed by atoms with Crippen LogP contribution in [0.4, 0.5) is 0 Å². The highest BCUT2D eigenvalue weighted by atomic mass is 16.4. The van der Waals surface area contributed by atoms with Gasteiger partial charge in [-0.05, 0) is 32.2 Å². The van der Waals surface area contributed by atoms with Crippen LogP contribution in [0.15, 0.2) is 0 Å². The van der Waals surface area contributed by atoms with Gasteiger partial charge in [0.15, 0.2) is 0 Å². The van der Waals surface area contributed by atoms with Crippen molar-refractivity contribution in [2.24, 2.45) is 0 Å². The molecule has 0 amide bonds. The van der Waals surface area contributed by atoms with Crippen LogP contribution in [0, 0.1) is 0 Å². The number of aliphatic hydroxyl groups is 1. The molecule has 0 aromatic rings. The van der Waals surface area contributed by atoms with Crippen LogP contribution < -0.4 is 5.32 Å². The molecule has 0 aromatic heterocycles. The summed E-state index contributed by atoms with van der Waals surface area (Å²) < 4.78 is 0. The van der Waals surface area contributed by atoms with E-state index in [1.165, 1.54) is 0 Å². The van der Waals surface area contributed by atoms with Gasteiger partial charge in [-0.1, -0.05) is 6.92 Å². The van der Waals surface area contributed by atoms with Crippen LogP contribution in [-0.4, -0.2) is 57.5 Å². The van der Waals surface area contributed by atoms with Crippen molar-refractivity contribution in [3.63, 3.8) is 0 Å². The Kier molecular flexibility index (Phi) is 15.2. The van der Waals surface area contributed by atoms with Gasteiger partial charge < -0.3 is 25.7 Å². The van der Waals surface area contributed by atoms with E-state index in [0.717, 1.165) is 6.42 Å². The van der Waals surface area contributed by atoms with Gasteiger partial charge in [-0.25, -0.2) is 0 Å². The van der Waals surface area contributed by atoms with Crippen molar-refractivity contribution in [2.45, 2.75) is 51.5 Å². The molecule has 0 aromatic carbocycles. The van der Waals surface area contributed by atoms with Gasteiger partial charge in [0.25, 0.3) is 0 Å². The zero-order valence-electron chi connectivity index (χ0n) is 12.2. The number of hydrogen-bond donors (Lipinski definition) is 5. The van der Waals surface area contributed by atoms with Crippen LogP contribution in [0.2, 0.25) is 0 Å². The van der Waals surface area contributed by atoms with Crippen LogP contribution in [0.3, 0.4) is 0 Å². The first-order chi connectivity index (χ1) is 9.84. The second-order valence-corrected chi connectivity index (χ2v) is 4.35. The molecule has 0 unspecified atom stereocenters. The van der Waals surface area contributed by atoms with Crippen molar-refractivity contribution in [2.75, 3.05) is 13.2 Å². The topological polar surface area (TPSA) is 144 Å². The van der Waals surface area contributed by atoms with Crippen molar-refractivity contribution < 1.29 is 34.8 Å². The van der Waals surface area contributed by atoms with Crippen LogP contribution in [0.5, 0.6) is 0 Å². The standard InChI is InChI=1S/C7H15NO3.C6H10O4/c1-2-4-8-6(3-5-9)7(10)11;7-5(8)3-1-2-4-6(9)10/h6,8-9H,2-5H2,1H3,(H,10,11);1-4H2,(H,7,8)(H,9,10)/t6-;/m0./s1. The van der Waals surface area contributed by atoms with Gasteiger partial charge in [0.05, 0.1) is 0 Å². The predicted octanol–water partition coefficient (Wildman–Crippen LogP) is 0.538. The third-order valence-electron chi connectivity index (χ3n) is 2.39. The van der Waals surface area contributed by atoms with Crippen molar-refractivity contribution in [1.29, 1.82) is 0 Å². The second kappa shape index (κ2) is 14.7. The van der Waals surface area contributed by atoms with E-state index in [4.69, 9.17) is 20.4 Å². The van der Waals surface area contributed by atoms with Crippen molar-refractivity contribution in [3.05, 3.63) is 0 Å². The number of unbranched alkanes of at least 4 members (excludes halogenated alkanes) is 1. The minimum atomic E-state index is -0.896. The number of aliphatic carboxylic acids is 3. The summed E-state index contributed by atoms with van der Waals surface area (Å²) in [6.45, 7) is 2.55. The quantitative estimate of drug-likeness (QED) is 0.348. The summed E-state index contributed by atoms with van der Waals surface area (Å²) in [6.07, 6.45) is 2.19. The molecule has 0 aliphatic carbocycles.